The number of hydrogen-bond acceptors (Lipinski definition) is 4. The van der Waals surface area contributed by atoms with E-state index in [1.165, 1.54) is 4.68 Å². The van der Waals surface area contributed by atoms with Crippen LogP contribution in [0.4, 0.5) is 0 Å². The van der Waals surface area contributed by atoms with Crippen molar-refractivity contribution in [2.24, 2.45) is 0 Å². The lowest BCUT2D eigenvalue weighted by molar-refractivity contribution is -0.125. The van der Waals surface area contributed by atoms with Crippen LogP contribution in [0.3, 0.4) is 0 Å². The van der Waals surface area contributed by atoms with Crippen LogP contribution < -0.4 is 10.9 Å². The van der Waals surface area contributed by atoms with Crippen molar-refractivity contribution in [1.82, 2.24) is 15.1 Å². The molecule has 2 N–H and O–H groups in total. The highest BCUT2D eigenvalue weighted by Gasteiger charge is 2.39. The van der Waals surface area contributed by atoms with Crippen molar-refractivity contribution in [2.45, 2.75) is 71.1 Å². The second-order valence-corrected chi connectivity index (χ2v) is 8.27. The van der Waals surface area contributed by atoms with E-state index in [0.29, 0.717) is 12.8 Å². The normalized spacial score (nSPS) is 21.4. The molecule has 1 aliphatic carbocycles. The Bertz CT molecular complexity index is 923. The molecule has 0 aliphatic heterocycles. The summed E-state index contributed by atoms with van der Waals surface area (Å²) in [5, 5.41) is 17.2. The molecule has 28 heavy (non-hydrogen) atoms. The summed E-state index contributed by atoms with van der Waals surface area (Å²) in [5.41, 5.74) is 2.83. The summed E-state index contributed by atoms with van der Waals surface area (Å²) >= 11 is 0. The van der Waals surface area contributed by atoms with Crippen LogP contribution in [0.25, 0.3) is 11.1 Å². The summed E-state index contributed by atoms with van der Waals surface area (Å²) in [7, 11) is 0. The van der Waals surface area contributed by atoms with Gasteiger partial charge in [0.05, 0.1) is 11.3 Å². The molecule has 1 heterocycles. The second-order valence-electron chi connectivity index (χ2n) is 8.27. The molecule has 1 aromatic carbocycles. The zero-order valence-electron chi connectivity index (χ0n) is 17.0. The van der Waals surface area contributed by atoms with E-state index < -0.39 is 5.60 Å². The number of hydrogen-bond donors (Lipinski definition) is 2. The molecular formula is C22H29N3O3. The number of rotatable bonds is 6. The van der Waals surface area contributed by atoms with Gasteiger partial charge in [0.2, 0.25) is 5.91 Å². The maximum Gasteiger partial charge on any atom is 0.267 e. The van der Waals surface area contributed by atoms with E-state index in [-0.39, 0.29) is 30.0 Å². The number of benzene rings is 1. The summed E-state index contributed by atoms with van der Waals surface area (Å²) in [6, 6.07) is 9.59. The van der Waals surface area contributed by atoms with E-state index in [1.807, 2.05) is 32.0 Å². The molecule has 6 nitrogen and oxygen atoms in total. The van der Waals surface area contributed by atoms with Gasteiger partial charge in [0, 0.05) is 17.7 Å². The van der Waals surface area contributed by atoms with E-state index in [9.17, 15) is 14.7 Å². The lowest BCUT2D eigenvalue weighted by atomic mass is 9.77. The number of aliphatic hydroxyl groups is 1. The first-order valence-electron chi connectivity index (χ1n) is 9.92. The summed E-state index contributed by atoms with van der Waals surface area (Å²) < 4.78 is 1.24. The second kappa shape index (κ2) is 7.87. The van der Waals surface area contributed by atoms with Crippen LogP contribution in [-0.4, -0.2) is 32.4 Å². The van der Waals surface area contributed by atoms with Crippen molar-refractivity contribution in [3.05, 3.63) is 51.9 Å². The maximum absolute atomic E-state index is 12.7. The number of nitrogens with zero attached hydrogens (tertiary/aromatic N) is 2. The number of aromatic nitrogens is 2. The van der Waals surface area contributed by atoms with Crippen LogP contribution in [0.15, 0.2) is 35.1 Å². The van der Waals surface area contributed by atoms with Crippen LogP contribution in [0.5, 0.6) is 0 Å². The fraction of sp³-hybridized carbons (Fsp3) is 0.500. The zero-order valence-corrected chi connectivity index (χ0v) is 17.0. The van der Waals surface area contributed by atoms with Gasteiger partial charge >= 0.3 is 0 Å². The largest absolute Gasteiger partial charge is 0.390 e. The van der Waals surface area contributed by atoms with Gasteiger partial charge in [-0.05, 0) is 43.2 Å². The average molecular weight is 383 g/mol. The number of aryl methyl sites for hydroxylation is 1. The lowest BCUT2D eigenvalue weighted by Crippen LogP contribution is -2.54. The lowest BCUT2D eigenvalue weighted by Gasteiger charge is -2.41. The molecule has 0 bridgehead atoms. The minimum atomic E-state index is -0.702. The van der Waals surface area contributed by atoms with Crippen molar-refractivity contribution in [3.63, 3.8) is 0 Å². The Kier molecular flexibility index (Phi) is 5.70. The monoisotopic (exact) mass is 383 g/mol. The van der Waals surface area contributed by atoms with Gasteiger partial charge in [-0.15, -0.1) is 0 Å². The van der Waals surface area contributed by atoms with E-state index >= 15 is 0 Å². The Morgan fingerprint density at radius 1 is 1.32 bits per heavy atom. The topological polar surface area (TPSA) is 84.2 Å². The molecule has 1 aliphatic rings. The van der Waals surface area contributed by atoms with Crippen molar-refractivity contribution >= 4 is 5.91 Å². The molecule has 1 amide bonds. The highest BCUT2D eigenvalue weighted by atomic mass is 16.3. The smallest absolute Gasteiger partial charge is 0.267 e. The Labute approximate surface area is 165 Å². The molecule has 1 saturated carbocycles. The summed E-state index contributed by atoms with van der Waals surface area (Å²) in [6.45, 7) is 7.79. The van der Waals surface area contributed by atoms with E-state index in [1.54, 1.807) is 13.0 Å². The number of carbonyl (C=O) groups is 1. The molecule has 0 atom stereocenters. The predicted molar refractivity (Wildman–Crippen MR) is 109 cm³/mol. The van der Waals surface area contributed by atoms with Gasteiger partial charge in [-0.25, -0.2) is 4.68 Å². The van der Waals surface area contributed by atoms with Crippen LogP contribution in [0.2, 0.25) is 0 Å². The highest BCUT2D eigenvalue weighted by molar-refractivity contribution is 5.76. The Morgan fingerprint density at radius 2 is 2.00 bits per heavy atom. The average Bonchev–Trinajstić information content (AvgIpc) is 2.61. The fourth-order valence-electron chi connectivity index (χ4n) is 3.87. The Morgan fingerprint density at radius 3 is 2.61 bits per heavy atom. The third-order valence-corrected chi connectivity index (χ3v) is 5.29. The van der Waals surface area contributed by atoms with Gasteiger partial charge in [-0.3, -0.25) is 9.59 Å². The molecule has 3 rings (SSSR count). The summed E-state index contributed by atoms with van der Waals surface area (Å²) in [4.78, 5) is 25.0. The van der Waals surface area contributed by atoms with Crippen molar-refractivity contribution in [1.29, 1.82) is 0 Å². The number of amides is 1. The SMILES string of the molecule is CCc1ccccc1-c1cc(=O)n(CC(=O)N[C@H]2C[C@](C)(O)C2)nc1C(C)C. The molecule has 0 radical (unpaired) electrons. The first-order chi connectivity index (χ1) is 13.2. The van der Waals surface area contributed by atoms with E-state index in [0.717, 1.165) is 28.8 Å². The Balaban J connectivity index is 1.87. The summed E-state index contributed by atoms with van der Waals surface area (Å²) in [5.74, 6) is -0.150. The van der Waals surface area contributed by atoms with Gasteiger partial charge in [0.15, 0.2) is 0 Å². The minimum Gasteiger partial charge on any atom is -0.390 e. The first kappa shape index (κ1) is 20.3. The van der Waals surface area contributed by atoms with Crippen LogP contribution >= 0.6 is 0 Å². The molecule has 1 fully saturated rings. The molecular weight excluding hydrogens is 354 g/mol. The maximum atomic E-state index is 12.7. The van der Waals surface area contributed by atoms with Gasteiger partial charge in [-0.2, -0.15) is 5.10 Å². The van der Waals surface area contributed by atoms with Gasteiger partial charge in [0.25, 0.3) is 5.56 Å². The van der Waals surface area contributed by atoms with E-state index in [2.05, 4.69) is 23.4 Å². The van der Waals surface area contributed by atoms with E-state index in [4.69, 9.17) is 0 Å². The minimum absolute atomic E-state index is 0.0431. The molecule has 0 saturated heterocycles. The quantitative estimate of drug-likeness (QED) is 0.803. The Hall–Kier alpha value is -2.47. The van der Waals surface area contributed by atoms with Crippen molar-refractivity contribution in [3.8, 4) is 11.1 Å². The van der Waals surface area contributed by atoms with Gasteiger partial charge in [0.1, 0.15) is 6.54 Å². The van der Waals surface area contributed by atoms with Crippen LogP contribution in [-0.2, 0) is 17.8 Å². The van der Waals surface area contributed by atoms with Gasteiger partial charge < -0.3 is 10.4 Å². The highest BCUT2D eigenvalue weighted by Crippen LogP contribution is 2.31. The first-order valence-corrected chi connectivity index (χ1v) is 9.92. The molecule has 1 aromatic heterocycles. The molecule has 150 valence electrons. The van der Waals surface area contributed by atoms with Gasteiger partial charge in [-0.1, -0.05) is 45.0 Å². The molecule has 0 unspecified atom stereocenters. The third-order valence-electron chi connectivity index (χ3n) is 5.29. The van der Waals surface area contributed by atoms with Crippen molar-refractivity contribution in [2.75, 3.05) is 0 Å². The number of carbonyl (C=O) groups excluding carboxylic acids is 1. The molecule has 6 heteroatoms. The number of nitrogens with one attached hydrogen (secondary N) is 1. The summed E-state index contributed by atoms with van der Waals surface area (Å²) in [6.07, 6.45) is 1.93. The van der Waals surface area contributed by atoms with Crippen LogP contribution in [0, 0.1) is 0 Å². The van der Waals surface area contributed by atoms with Crippen LogP contribution in [0.1, 0.15) is 57.7 Å². The third kappa shape index (κ3) is 4.33. The standard InChI is InChI=1S/C22H29N3O3/c1-5-15-8-6-7-9-17(15)18-10-20(27)25(24-21(18)14(2)3)13-19(26)23-16-11-22(4,28)12-16/h6-10,14,16,28H,5,11-13H2,1-4H3,(H,23,26)/t16-,22-. The van der Waals surface area contributed by atoms with Crippen molar-refractivity contribution < 1.29 is 9.90 Å². The molecule has 0 spiro atoms. The fourth-order valence-corrected chi connectivity index (χ4v) is 3.87. The molecule has 2 aromatic rings. The predicted octanol–water partition coefficient (Wildman–Crippen LogP) is 2.63. The zero-order chi connectivity index (χ0) is 20.5.